The molecule has 274 valence electrons. The zero-order chi connectivity index (χ0) is 37.5. The van der Waals surface area contributed by atoms with Gasteiger partial charge in [0.15, 0.2) is 11.6 Å². The Kier molecular flexibility index (Phi) is 12.2. The minimum absolute atomic E-state index is 0.00317. The van der Waals surface area contributed by atoms with E-state index in [9.17, 15) is 27.0 Å². The van der Waals surface area contributed by atoms with Crippen LogP contribution < -0.4 is 0 Å². The lowest BCUT2D eigenvalue weighted by atomic mass is 9.87. The van der Waals surface area contributed by atoms with Gasteiger partial charge in [0, 0.05) is 22.9 Å². The van der Waals surface area contributed by atoms with E-state index in [0.29, 0.717) is 32.1 Å². The largest absolute Gasteiger partial charge is 0.507 e. The number of alkyl halides is 2. The van der Waals surface area contributed by atoms with Crippen LogP contribution in [0.2, 0.25) is 0 Å². The van der Waals surface area contributed by atoms with Crippen LogP contribution in [-0.4, -0.2) is 107 Å². The van der Waals surface area contributed by atoms with E-state index >= 15 is 0 Å². The number of allylic oxidation sites excluding steroid dienone is 4. The van der Waals surface area contributed by atoms with Gasteiger partial charge >= 0.3 is 0 Å². The third-order valence-corrected chi connectivity index (χ3v) is 12.4. The van der Waals surface area contributed by atoms with Crippen molar-refractivity contribution < 1.29 is 27.0 Å². The Morgan fingerprint density at radius 2 is 1.31 bits per heavy atom. The summed E-state index contributed by atoms with van der Waals surface area (Å²) in [5.41, 5.74) is 1.87. The van der Waals surface area contributed by atoms with Crippen LogP contribution in [0.1, 0.15) is 53.2 Å². The molecule has 52 heavy (non-hydrogen) atoms. The molecule has 0 unspecified atom stereocenters. The molecule has 0 saturated heterocycles. The summed E-state index contributed by atoms with van der Waals surface area (Å²) in [6.45, 7) is 3.33. The van der Waals surface area contributed by atoms with Gasteiger partial charge in [0.25, 0.3) is 0 Å². The summed E-state index contributed by atoms with van der Waals surface area (Å²) in [5, 5.41) is 53.5. The molecule has 21 heteroatoms. The maximum Gasteiger partial charge on any atom is 0.248 e. The van der Waals surface area contributed by atoms with Gasteiger partial charge < -0.3 is 10.2 Å². The Labute approximate surface area is 309 Å². The molecule has 1 aliphatic rings. The fourth-order valence-corrected chi connectivity index (χ4v) is 9.72. The highest BCUT2D eigenvalue weighted by atomic mass is 35.5. The molecule has 5 rings (SSSR count). The molecule has 2 aromatic carbocycles. The van der Waals surface area contributed by atoms with Crippen LogP contribution in [0, 0.1) is 13.8 Å². The van der Waals surface area contributed by atoms with Gasteiger partial charge in [-0.3, -0.25) is 0 Å². The number of phenols is 2. The molecule has 0 atom stereocenters. The van der Waals surface area contributed by atoms with Crippen LogP contribution in [0.5, 0.6) is 11.5 Å². The van der Waals surface area contributed by atoms with E-state index in [4.69, 9.17) is 23.2 Å². The van der Waals surface area contributed by atoms with Crippen molar-refractivity contribution in [2.75, 3.05) is 23.3 Å². The summed E-state index contributed by atoms with van der Waals surface area (Å²) in [5.74, 6) is -0.612. The van der Waals surface area contributed by atoms with E-state index in [-0.39, 0.29) is 64.9 Å². The molecule has 0 radical (unpaired) electrons. The standard InChI is InChI=1S/C31H33Cl2N11O6S2/c1-21-36-38-40-42(21)34-19-23-8-10-29(45)27(16-23)31(28-17-24(9-11-30(28)46)20-35-43-22(2)37-39-41-43)25-6-3-7-26(18-25)44(51(47,48)14-4-12-32)52(49,50)15-5-13-33/h3,7-11,16-20,45-46H,4-6,12-15H2,1-2H3. The van der Waals surface area contributed by atoms with Gasteiger partial charge in [0.2, 0.25) is 20.0 Å². The Balaban J connectivity index is 1.75. The SMILES string of the molecule is Cc1nnnn1N=Cc1ccc(O)c(C(=C2C=C(N(S(=O)(=O)CCCCl)S(=O)(=O)CCCCl)C=CC2)c2cc(C=Nn3nnnc3C)ccc2O)c1. The highest BCUT2D eigenvalue weighted by Gasteiger charge is 2.35. The summed E-state index contributed by atoms with van der Waals surface area (Å²) in [6.07, 6.45) is 7.49. The van der Waals surface area contributed by atoms with Crippen LogP contribution in [0.15, 0.2) is 76.1 Å². The summed E-state index contributed by atoms with van der Waals surface area (Å²) < 4.78 is 54.9. The molecule has 0 fully saturated rings. The van der Waals surface area contributed by atoms with Crippen molar-refractivity contribution in [3.05, 3.63) is 99.8 Å². The highest BCUT2D eigenvalue weighted by Crippen LogP contribution is 2.41. The predicted molar refractivity (Wildman–Crippen MR) is 195 cm³/mol. The van der Waals surface area contributed by atoms with E-state index < -0.39 is 31.6 Å². The second-order valence-electron chi connectivity index (χ2n) is 11.3. The minimum Gasteiger partial charge on any atom is -0.507 e. The first-order valence-corrected chi connectivity index (χ1v) is 19.9. The van der Waals surface area contributed by atoms with Crippen LogP contribution in [0.3, 0.4) is 0 Å². The highest BCUT2D eigenvalue weighted by molar-refractivity contribution is 8.04. The molecule has 4 aromatic rings. The third-order valence-electron chi connectivity index (χ3n) is 7.48. The number of benzene rings is 2. The van der Waals surface area contributed by atoms with Crippen molar-refractivity contribution in [1.82, 2.24) is 44.3 Å². The molecule has 0 amide bonds. The molecule has 0 aliphatic heterocycles. The normalized spacial score (nSPS) is 13.7. The number of rotatable bonds is 15. The fraction of sp³-hybridized carbons (Fsp3) is 0.290. The number of aromatic hydroxyl groups is 2. The van der Waals surface area contributed by atoms with Gasteiger partial charge in [-0.25, -0.2) is 16.8 Å². The second-order valence-corrected chi connectivity index (χ2v) is 16.1. The number of tetrazole rings is 2. The van der Waals surface area contributed by atoms with Crippen LogP contribution >= 0.6 is 23.2 Å². The zero-order valence-electron chi connectivity index (χ0n) is 27.8. The third kappa shape index (κ3) is 8.90. The Morgan fingerprint density at radius 1 is 0.827 bits per heavy atom. The van der Waals surface area contributed by atoms with E-state index in [1.54, 1.807) is 44.2 Å². The molecular formula is C31H33Cl2N11O6S2. The van der Waals surface area contributed by atoms with Crippen molar-refractivity contribution in [2.24, 2.45) is 10.2 Å². The smallest absolute Gasteiger partial charge is 0.248 e. The maximum atomic E-state index is 13.6. The Hall–Kier alpha value is -4.98. The molecule has 1 aliphatic carbocycles. The number of aryl methyl sites for hydroxylation is 2. The van der Waals surface area contributed by atoms with Crippen molar-refractivity contribution in [1.29, 1.82) is 0 Å². The number of aromatic nitrogens is 8. The van der Waals surface area contributed by atoms with E-state index in [1.165, 1.54) is 46.3 Å². The lowest BCUT2D eigenvalue weighted by Crippen LogP contribution is -2.39. The first-order valence-electron chi connectivity index (χ1n) is 15.6. The summed E-state index contributed by atoms with van der Waals surface area (Å²) >= 11 is 11.6. The lowest BCUT2D eigenvalue weighted by Gasteiger charge is -2.27. The van der Waals surface area contributed by atoms with E-state index in [0.717, 1.165) is 0 Å². The van der Waals surface area contributed by atoms with Gasteiger partial charge in [-0.15, -0.1) is 43.0 Å². The van der Waals surface area contributed by atoms with Crippen molar-refractivity contribution in [3.8, 4) is 11.5 Å². The lowest BCUT2D eigenvalue weighted by molar-refractivity contribution is 0.471. The van der Waals surface area contributed by atoms with Gasteiger partial charge in [0.1, 0.15) is 11.5 Å². The predicted octanol–water partition coefficient (Wildman–Crippen LogP) is 3.32. The fourth-order valence-electron chi connectivity index (χ4n) is 5.08. The molecule has 17 nitrogen and oxygen atoms in total. The Bertz CT molecular complexity index is 2180. The first-order chi connectivity index (χ1) is 24.8. The van der Waals surface area contributed by atoms with Crippen molar-refractivity contribution >= 4 is 61.3 Å². The average Bonchev–Trinajstić information content (AvgIpc) is 3.73. The van der Waals surface area contributed by atoms with E-state index in [1.807, 2.05) is 0 Å². The zero-order valence-corrected chi connectivity index (χ0v) is 31.0. The topological polar surface area (TPSA) is 224 Å². The number of hydrogen-bond donors (Lipinski definition) is 2. The van der Waals surface area contributed by atoms with Crippen molar-refractivity contribution in [3.63, 3.8) is 0 Å². The van der Waals surface area contributed by atoms with E-state index in [2.05, 4.69) is 41.3 Å². The molecule has 2 N–H and O–H groups in total. The molecule has 2 aromatic heterocycles. The monoisotopic (exact) mass is 789 g/mol. The Morgan fingerprint density at radius 3 is 1.73 bits per heavy atom. The maximum absolute atomic E-state index is 13.6. The molecule has 2 heterocycles. The number of hydrogen-bond acceptors (Lipinski definition) is 14. The van der Waals surface area contributed by atoms with Crippen LogP contribution in [0.4, 0.5) is 0 Å². The van der Waals surface area contributed by atoms with Gasteiger partial charge in [0.05, 0.1) is 29.6 Å². The molecule has 0 saturated carbocycles. The van der Waals surface area contributed by atoms with Crippen molar-refractivity contribution in [2.45, 2.75) is 33.1 Å². The van der Waals surface area contributed by atoms with Gasteiger partial charge in [-0.1, -0.05) is 6.08 Å². The van der Waals surface area contributed by atoms with Gasteiger partial charge in [-0.2, -0.15) is 13.9 Å². The molecule has 0 bridgehead atoms. The molecule has 0 spiro atoms. The number of sulfonamides is 2. The number of nitrogens with zero attached hydrogens (tertiary/aromatic N) is 11. The summed E-state index contributed by atoms with van der Waals surface area (Å²) in [7, 11) is -8.88. The van der Waals surface area contributed by atoms with Gasteiger partial charge in [-0.05, 0) is 125 Å². The number of halogens is 2. The number of phenolic OH excluding ortho intramolecular Hbond substituents is 2. The van der Waals surface area contributed by atoms with Crippen LogP contribution in [-0.2, 0) is 20.0 Å². The van der Waals surface area contributed by atoms with Crippen LogP contribution in [0.25, 0.3) is 5.57 Å². The second kappa shape index (κ2) is 16.6. The first kappa shape index (κ1) is 38.3. The average molecular weight is 791 g/mol. The quantitative estimate of drug-likeness (QED) is 0.131. The summed E-state index contributed by atoms with van der Waals surface area (Å²) in [4.78, 5) is 2.41. The minimum atomic E-state index is -4.44. The summed E-state index contributed by atoms with van der Waals surface area (Å²) in [6, 6.07) is 9.24. The molecular weight excluding hydrogens is 757 g/mol.